The number of anilines is 5. The van der Waals surface area contributed by atoms with Gasteiger partial charge in [0.05, 0.1) is 40.9 Å². The number of benzene rings is 1. The van der Waals surface area contributed by atoms with Crippen LogP contribution in [0, 0.1) is 5.92 Å². The third-order valence-corrected chi connectivity index (χ3v) is 12.4. The maximum atomic E-state index is 13.0. The van der Waals surface area contributed by atoms with Crippen LogP contribution in [0.25, 0.3) is 17.0 Å². The SMILES string of the molecule is C=CNC(=O)C(CCC)c1nn(C)c2c(N3CCN(CC4CCN(c5ncc(Cl)c(Nc6cnc7c(c6)C=C(CCC(=C)NC)C(=C)N7C(C)C)n5)CC4)CC3)cccc12. The van der Waals surface area contributed by atoms with Gasteiger partial charge >= 0.3 is 0 Å². The summed E-state index contributed by atoms with van der Waals surface area (Å²) in [5.74, 6) is 2.37. The van der Waals surface area contributed by atoms with E-state index in [2.05, 4.69) is 111 Å². The number of aromatic nitrogens is 5. The number of fused-ring (bicyclic) bond motifs is 2. The zero-order valence-electron chi connectivity index (χ0n) is 36.0. The minimum atomic E-state index is -0.317. The number of nitrogens with zero attached hydrogens (tertiary/aromatic N) is 9. The first-order valence-electron chi connectivity index (χ1n) is 21.4. The molecule has 4 aromatic rings. The lowest BCUT2D eigenvalue weighted by Crippen LogP contribution is -2.49. The molecule has 3 aromatic heterocycles. The lowest BCUT2D eigenvalue weighted by Gasteiger charge is -2.39. The molecule has 0 radical (unpaired) electrons. The molecule has 3 N–H and O–H groups in total. The summed E-state index contributed by atoms with van der Waals surface area (Å²) in [6, 6.07) is 8.69. The Kier molecular flexibility index (Phi) is 13.4. The third kappa shape index (κ3) is 9.17. The maximum Gasteiger partial charge on any atom is 0.233 e. The molecule has 0 bridgehead atoms. The molecule has 318 valence electrons. The molecule has 1 aromatic carbocycles. The summed E-state index contributed by atoms with van der Waals surface area (Å²) in [7, 11) is 3.89. The minimum absolute atomic E-state index is 0.0559. The summed E-state index contributed by atoms with van der Waals surface area (Å²) in [5, 5.41) is 15.8. The summed E-state index contributed by atoms with van der Waals surface area (Å²) in [6.45, 7) is 25.4. The first-order chi connectivity index (χ1) is 29.0. The number of nitrogens with one attached hydrogen (secondary N) is 3. The molecular formula is C46H61ClN12O. The molecule has 1 atom stereocenters. The number of carbonyl (C=O) groups excluding carboxylic acids is 1. The number of pyridine rings is 1. The molecule has 60 heavy (non-hydrogen) atoms. The number of piperidine rings is 1. The van der Waals surface area contributed by atoms with Gasteiger partial charge in [0.2, 0.25) is 11.9 Å². The van der Waals surface area contributed by atoms with Crippen LogP contribution >= 0.6 is 11.6 Å². The molecule has 3 aliphatic rings. The summed E-state index contributed by atoms with van der Waals surface area (Å²) < 4.78 is 1.95. The van der Waals surface area contributed by atoms with Crippen molar-refractivity contribution in [2.24, 2.45) is 13.0 Å². The van der Waals surface area contributed by atoms with Gasteiger partial charge in [-0.1, -0.05) is 56.8 Å². The Hall–Kier alpha value is -5.40. The van der Waals surface area contributed by atoms with E-state index in [4.69, 9.17) is 26.7 Å². The average Bonchev–Trinajstić information content (AvgIpc) is 3.58. The Morgan fingerprint density at radius 2 is 1.83 bits per heavy atom. The normalized spacial score (nSPS) is 16.8. The maximum absolute atomic E-state index is 13.0. The Balaban J connectivity index is 0.953. The quantitative estimate of drug-likeness (QED) is 0.102. The van der Waals surface area contributed by atoms with Gasteiger partial charge in [0.25, 0.3) is 0 Å². The van der Waals surface area contributed by atoms with Crippen LogP contribution in [0.4, 0.5) is 29.0 Å². The standard InChI is InChI=1S/C46H61ClN12O/c1-9-12-38(45(60)49-10-2)41-37-13-11-14-40(42(37)55(8)54-41)57-23-21-56(22-24-57)29-33-17-19-58(20-18-33)46-51-28-39(47)43(53-46)52-36-26-35-25-34(16-15-31(5)48-7)32(6)59(30(3)4)44(35)50-27-36/h10-11,13-14,25-28,30,33,38,48H,2,5-6,9,12,15-24,29H2,1,3-4,7-8H3,(H,49,60)(H,51,52,53). The van der Waals surface area contributed by atoms with Crippen molar-refractivity contribution in [1.82, 2.24) is 40.3 Å². The van der Waals surface area contributed by atoms with Gasteiger partial charge in [0.15, 0.2) is 5.82 Å². The molecule has 14 heteroatoms. The van der Waals surface area contributed by atoms with E-state index in [1.807, 2.05) is 25.0 Å². The molecule has 2 saturated heterocycles. The van der Waals surface area contributed by atoms with Crippen LogP contribution in [0.1, 0.15) is 76.5 Å². The van der Waals surface area contributed by atoms with Gasteiger partial charge in [0.1, 0.15) is 10.8 Å². The molecule has 2 fully saturated rings. The number of aryl methyl sites for hydroxylation is 1. The zero-order valence-corrected chi connectivity index (χ0v) is 36.7. The third-order valence-electron chi connectivity index (χ3n) is 12.1. The van der Waals surface area contributed by atoms with E-state index in [1.54, 1.807) is 6.20 Å². The van der Waals surface area contributed by atoms with Crippen molar-refractivity contribution >= 4 is 63.4 Å². The van der Waals surface area contributed by atoms with Gasteiger partial charge in [0, 0.05) is 88.3 Å². The van der Waals surface area contributed by atoms with Crippen LogP contribution in [0.3, 0.4) is 0 Å². The number of halogens is 1. The molecule has 0 saturated carbocycles. The monoisotopic (exact) mass is 832 g/mol. The van der Waals surface area contributed by atoms with E-state index < -0.39 is 0 Å². The average molecular weight is 834 g/mol. The lowest BCUT2D eigenvalue weighted by atomic mass is 9.95. The predicted molar refractivity (Wildman–Crippen MR) is 247 cm³/mol. The van der Waals surface area contributed by atoms with Crippen molar-refractivity contribution in [3.63, 3.8) is 0 Å². The first-order valence-corrected chi connectivity index (χ1v) is 21.8. The topological polar surface area (TPSA) is 123 Å². The fourth-order valence-electron chi connectivity index (χ4n) is 8.91. The van der Waals surface area contributed by atoms with Crippen molar-refractivity contribution < 1.29 is 4.79 Å². The van der Waals surface area contributed by atoms with Gasteiger partial charge in [-0.25, -0.2) is 9.97 Å². The smallest absolute Gasteiger partial charge is 0.233 e. The number of carbonyl (C=O) groups is 1. The van der Waals surface area contributed by atoms with Crippen molar-refractivity contribution in [3.05, 3.63) is 95.8 Å². The number of hydrogen-bond acceptors (Lipinski definition) is 11. The second-order valence-corrected chi connectivity index (χ2v) is 16.9. The van der Waals surface area contributed by atoms with Crippen LogP contribution in [-0.4, -0.2) is 94.4 Å². The number of hydrogen-bond donors (Lipinski definition) is 3. The number of para-hydroxylation sites is 1. The van der Waals surface area contributed by atoms with E-state index in [0.29, 0.717) is 22.7 Å². The first kappa shape index (κ1) is 42.7. The fourth-order valence-corrected chi connectivity index (χ4v) is 9.05. The highest BCUT2D eigenvalue weighted by molar-refractivity contribution is 6.32. The van der Waals surface area contributed by atoms with Gasteiger partial charge in [-0.2, -0.15) is 10.1 Å². The molecule has 1 unspecified atom stereocenters. The molecule has 0 aliphatic carbocycles. The predicted octanol–water partition coefficient (Wildman–Crippen LogP) is 7.98. The van der Waals surface area contributed by atoms with Crippen molar-refractivity contribution in [2.45, 2.75) is 71.3 Å². The number of allylic oxidation sites excluding steroid dienone is 2. The molecule has 7 rings (SSSR count). The molecule has 1 amide bonds. The fraction of sp³-hybridized carbons (Fsp3) is 0.457. The summed E-state index contributed by atoms with van der Waals surface area (Å²) in [4.78, 5) is 37.0. The molecule has 0 spiro atoms. The van der Waals surface area contributed by atoms with Crippen LogP contribution < -0.4 is 30.7 Å². The second kappa shape index (κ2) is 18.9. The van der Waals surface area contributed by atoms with Gasteiger partial charge in [-0.05, 0) is 81.9 Å². The van der Waals surface area contributed by atoms with Crippen LogP contribution in [0.2, 0.25) is 5.02 Å². The van der Waals surface area contributed by atoms with Gasteiger partial charge in [-0.3, -0.25) is 14.4 Å². The highest BCUT2D eigenvalue weighted by Gasteiger charge is 2.30. The van der Waals surface area contributed by atoms with E-state index in [0.717, 1.165) is 129 Å². The van der Waals surface area contributed by atoms with Crippen molar-refractivity contribution in [2.75, 3.05) is 72.9 Å². The Labute approximate surface area is 360 Å². The summed E-state index contributed by atoms with van der Waals surface area (Å²) in [5.41, 5.74) is 8.07. The highest BCUT2D eigenvalue weighted by atomic mass is 35.5. The van der Waals surface area contributed by atoms with E-state index in [-0.39, 0.29) is 17.9 Å². The molecule has 6 heterocycles. The number of amides is 1. The largest absolute Gasteiger partial charge is 0.392 e. The van der Waals surface area contributed by atoms with Gasteiger partial charge in [-0.15, -0.1) is 0 Å². The number of piperazine rings is 1. The lowest BCUT2D eigenvalue weighted by molar-refractivity contribution is -0.121. The van der Waals surface area contributed by atoms with Crippen molar-refractivity contribution in [3.8, 4) is 0 Å². The van der Waals surface area contributed by atoms with E-state index in [1.165, 1.54) is 17.5 Å². The minimum Gasteiger partial charge on any atom is -0.392 e. The molecule has 13 nitrogen and oxygen atoms in total. The van der Waals surface area contributed by atoms with Crippen LogP contribution in [-0.2, 0) is 11.8 Å². The molecule has 3 aliphatic heterocycles. The highest BCUT2D eigenvalue weighted by Crippen LogP contribution is 2.39. The Bertz CT molecular complexity index is 2250. The molecular weight excluding hydrogens is 772 g/mol. The van der Waals surface area contributed by atoms with Gasteiger partial charge < -0.3 is 30.7 Å². The van der Waals surface area contributed by atoms with E-state index in [9.17, 15) is 4.79 Å². The van der Waals surface area contributed by atoms with Crippen LogP contribution in [0.15, 0.2) is 79.6 Å². The zero-order chi connectivity index (χ0) is 42.5. The second-order valence-electron chi connectivity index (χ2n) is 16.5. The Morgan fingerprint density at radius 3 is 2.53 bits per heavy atom. The number of rotatable bonds is 16. The Morgan fingerprint density at radius 1 is 1.07 bits per heavy atom. The summed E-state index contributed by atoms with van der Waals surface area (Å²) >= 11 is 6.68. The van der Waals surface area contributed by atoms with E-state index >= 15 is 0 Å². The van der Waals surface area contributed by atoms with Crippen molar-refractivity contribution in [1.29, 1.82) is 0 Å². The van der Waals surface area contributed by atoms with Crippen LogP contribution in [0.5, 0.6) is 0 Å². The summed E-state index contributed by atoms with van der Waals surface area (Å²) in [6.07, 6.45) is 12.6.